The van der Waals surface area contributed by atoms with E-state index in [4.69, 9.17) is 21.1 Å². The van der Waals surface area contributed by atoms with E-state index < -0.39 is 0 Å². The Bertz CT molecular complexity index is 1430. The average molecular weight is 492 g/mol. The van der Waals surface area contributed by atoms with Gasteiger partial charge in [-0.15, -0.1) is 0 Å². The number of hydrogen-bond acceptors (Lipinski definition) is 7. The van der Waals surface area contributed by atoms with E-state index in [1.54, 1.807) is 24.3 Å². The summed E-state index contributed by atoms with van der Waals surface area (Å²) in [7, 11) is 0. The molecule has 0 aliphatic carbocycles. The van der Waals surface area contributed by atoms with Crippen LogP contribution in [0.5, 0.6) is 5.75 Å². The first-order valence-electron chi connectivity index (χ1n) is 11.0. The Hall–Kier alpha value is -3.91. The van der Waals surface area contributed by atoms with Gasteiger partial charge in [0.2, 0.25) is 0 Å². The summed E-state index contributed by atoms with van der Waals surface area (Å²) in [5, 5.41) is 7.75. The normalized spacial score (nSPS) is 14.3. The minimum Gasteiger partial charge on any atom is -0.487 e. The van der Waals surface area contributed by atoms with Gasteiger partial charge in [0.15, 0.2) is 0 Å². The van der Waals surface area contributed by atoms with E-state index in [0.29, 0.717) is 29.2 Å². The summed E-state index contributed by atoms with van der Waals surface area (Å²) < 4.78 is 24.8. The highest BCUT2D eigenvalue weighted by molar-refractivity contribution is 6.32. The van der Waals surface area contributed by atoms with Gasteiger partial charge in [-0.3, -0.25) is 0 Å². The quantitative estimate of drug-likeness (QED) is 0.328. The Kier molecular flexibility index (Phi) is 6.13. The minimum atomic E-state index is -0.306. The lowest BCUT2D eigenvalue weighted by Crippen LogP contribution is -2.17. The monoisotopic (exact) mass is 491 g/mol. The van der Waals surface area contributed by atoms with Crippen molar-refractivity contribution in [1.82, 2.24) is 9.97 Å². The van der Waals surface area contributed by atoms with Gasteiger partial charge in [-0.1, -0.05) is 23.7 Å². The molecule has 0 unspecified atom stereocenters. The maximum absolute atomic E-state index is 13.4. The fourth-order valence-electron chi connectivity index (χ4n) is 3.63. The maximum atomic E-state index is 13.4. The van der Waals surface area contributed by atoms with Gasteiger partial charge in [0.1, 0.15) is 36.9 Å². The first-order valence-corrected chi connectivity index (χ1v) is 11.4. The number of benzene rings is 3. The smallest absolute Gasteiger partial charge is 0.289 e. The van der Waals surface area contributed by atoms with Crippen molar-refractivity contribution in [3.63, 3.8) is 0 Å². The Labute approximate surface area is 207 Å². The molecule has 2 heterocycles. The van der Waals surface area contributed by atoms with Crippen LogP contribution in [0.2, 0.25) is 5.02 Å². The van der Waals surface area contributed by atoms with Gasteiger partial charge in [0.05, 0.1) is 16.1 Å². The molecule has 35 heavy (non-hydrogen) atoms. The predicted molar refractivity (Wildman–Crippen MR) is 136 cm³/mol. The number of fused-ring (bicyclic) bond motifs is 1. The summed E-state index contributed by atoms with van der Waals surface area (Å²) in [5.74, 6) is 0.818. The molecule has 0 fully saturated rings. The van der Waals surface area contributed by atoms with Gasteiger partial charge >= 0.3 is 0 Å². The molecule has 1 aliphatic rings. The van der Waals surface area contributed by atoms with Crippen LogP contribution in [0.3, 0.4) is 0 Å². The van der Waals surface area contributed by atoms with E-state index in [1.807, 2.05) is 38.1 Å². The molecule has 3 aromatic carbocycles. The summed E-state index contributed by atoms with van der Waals surface area (Å²) in [6, 6.07) is 17.9. The molecule has 0 radical (unpaired) electrons. The second kappa shape index (κ2) is 9.38. The lowest BCUT2D eigenvalue weighted by molar-refractivity contribution is 0.278. The van der Waals surface area contributed by atoms with Gasteiger partial charge in [0, 0.05) is 16.8 Å². The molecule has 2 N–H and O–H groups in total. The zero-order chi connectivity index (χ0) is 24.4. The number of halogens is 2. The zero-order valence-electron chi connectivity index (χ0n) is 19.2. The molecular weight excluding hydrogens is 469 g/mol. The number of ether oxygens (including phenoxy) is 2. The summed E-state index contributed by atoms with van der Waals surface area (Å²) in [6.45, 7) is 4.77. The lowest BCUT2D eigenvalue weighted by atomic mass is 10.1. The van der Waals surface area contributed by atoms with Crippen LogP contribution in [0.4, 0.5) is 21.6 Å². The molecule has 1 aliphatic heterocycles. The van der Waals surface area contributed by atoms with Crippen molar-refractivity contribution in [2.45, 2.75) is 26.0 Å². The fourth-order valence-corrected chi connectivity index (χ4v) is 3.86. The Balaban J connectivity index is 1.33. The first kappa shape index (κ1) is 22.9. The Morgan fingerprint density at radius 2 is 1.86 bits per heavy atom. The molecule has 178 valence electrons. The Morgan fingerprint density at radius 1 is 1.03 bits per heavy atom. The number of hydrogen-bond donors (Lipinski definition) is 2. The van der Waals surface area contributed by atoms with Crippen molar-refractivity contribution in [3.8, 4) is 5.75 Å². The maximum Gasteiger partial charge on any atom is 0.289 e. The van der Waals surface area contributed by atoms with Gasteiger partial charge < -0.3 is 20.1 Å². The molecule has 0 spiro atoms. The third kappa shape index (κ3) is 5.44. The molecule has 0 saturated heterocycles. The van der Waals surface area contributed by atoms with Gasteiger partial charge in [0.25, 0.3) is 6.02 Å². The van der Waals surface area contributed by atoms with Crippen LogP contribution in [0.15, 0.2) is 72.0 Å². The van der Waals surface area contributed by atoms with E-state index >= 15 is 0 Å². The SMILES string of the molecule is CC1(C)COC(Nc2ccc3ncnc(Nc4ccc(OCc5cccc(F)c5)c(Cl)c4)c3c2)=N1. The summed E-state index contributed by atoms with van der Waals surface area (Å²) in [4.78, 5) is 13.3. The molecule has 7 nitrogen and oxygen atoms in total. The van der Waals surface area contributed by atoms with E-state index in [1.165, 1.54) is 18.5 Å². The summed E-state index contributed by atoms with van der Waals surface area (Å²) >= 11 is 6.45. The third-order valence-electron chi connectivity index (χ3n) is 5.33. The van der Waals surface area contributed by atoms with E-state index in [2.05, 4.69) is 25.6 Å². The highest BCUT2D eigenvalue weighted by Gasteiger charge is 2.26. The van der Waals surface area contributed by atoms with Gasteiger partial charge in [-0.2, -0.15) is 0 Å². The van der Waals surface area contributed by atoms with Crippen molar-refractivity contribution < 1.29 is 13.9 Å². The third-order valence-corrected chi connectivity index (χ3v) is 5.63. The highest BCUT2D eigenvalue weighted by atomic mass is 35.5. The first-order chi connectivity index (χ1) is 16.8. The molecule has 0 atom stereocenters. The fraction of sp³-hybridized carbons (Fsp3) is 0.192. The Morgan fingerprint density at radius 3 is 2.63 bits per heavy atom. The van der Waals surface area contributed by atoms with Crippen LogP contribution >= 0.6 is 11.6 Å². The largest absolute Gasteiger partial charge is 0.487 e. The van der Waals surface area contributed by atoms with Crippen molar-refractivity contribution >= 4 is 45.7 Å². The molecule has 0 saturated carbocycles. The van der Waals surface area contributed by atoms with Crippen LogP contribution in [0.1, 0.15) is 19.4 Å². The molecule has 0 bridgehead atoms. The molecule has 0 amide bonds. The van der Waals surface area contributed by atoms with Crippen LogP contribution in [-0.4, -0.2) is 28.1 Å². The second-order valence-corrected chi connectivity index (χ2v) is 9.19. The van der Waals surface area contributed by atoms with Crippen molar-refractivity contribution in [1.29, 1.82) is 0 Å². The van der Waals surface area contributed by atoms with Crippen LogP contribution in [0, 0.1) is 5.82 Å². The number of aromatic nitrogens is 2. The zero-order valence-corrected chi connectivity index (χ0v) is 19.9. The minimum absolute atomic E-state index is 0.211. The van der Waals surface area contributed by atoms with Gasteiger partial charge in [-0.25, -0.2) is 19.4 Å². The number of anilines is 3. The molecule has 1 aromatic heterocycles. The number of nitrogens with one attached hydrogen (secondary N) is 2. The number of rotatable bonds is 6. The van der Waals surface area contributed by atoms with Crippen molar-refractivity contribution in [2.24, 2.45) is 4.99 Å². The van der Waals surface area contributed by atoms with E-state index in [-0.39, 0.29) is 18.0 Å². The van der Waals surface area contributed by atoms with Crippen LogP contribution < -0.4 is 15.4 Å². The lowest BCUT2D eigenvalue weighted by Gasteiger charge is -2.13. The standard InChI is InChI=1S/C26H23ClFN5O2/c1-26(2)14-35-25(33-26)32-18-6-8-22-20(11-18)24(30-15-29-22)31-19-7-9-23(21(27)12-19)34-13-16-4-3-5-17(28)10-16/h3-12,15H,13-14H2,1-2H3,(H,32,33)(H,29,30,31). The second-order valence-electron chi connectivity index (χ2n) is 8.79. The number of amidine groups is 1. The predicted octanol–water partition coefficient (Wildman–Crippen LogP) is 6.32. The summed E-state index contributed by atoms with van der Waals surface area (Å²) in [6.07, 6.45) is 1.50. The summed E-state index contributed by atoms with van der Waals surface area (Å²) in [5.41, 5.74) is 2.80. The topological polar surface area (TPSA) is 80.7 Å². The number of aliphatic imine (C=N–C) groups is 1. The molecule has 5 rings (SSSR count). The molecule has 9 heteroatoms. The molecule has 4 aromatic rings. The van der Waals surface area contributed by atoms with Crippen molar-refractivity contribution in [3.05, 3.63) is 83.4 Å². The number of nitrogens with zero attached hydrogens (tertiary/aromatic N) is 3. The average Bonchev–Trinajstić information content (AvgIpc) is 3.17. The van der Waals surface area contributed by atoms with Gasteiger partial charge in [-0.05, 0) is 67.9 Å². The van der Waals surface area contributed by atoms with E-state index in [0.717, 1.165) is 27.8 Å². The van der Waals surface area contributed by atoms with E-state index in [9.17, 15) is 4.39 Å². The van der Waals surface area contributed by atoms with Crippen molar-refractivity contribution in [2.75, 3.05) is 17.2 Å². The van der Waals surface area contributed by atoms with Crippen LogP contribution in [-0.2, 0) is 11.3 Å². The van der Waals surface area contributed by atoms with Crippen LogP contribution in [0.25, 0.3) is 10.9 Å². The molecular formula is C26H23ClFN5O2. The highest BCUT2D eigenvalue weighted by Crippen LogP contribution is 2.32.